The summed E-state index contributed by atoms with van der Waals surface area (Å²) in [6, 6.07) is 11.5. The smallest absolute Gasteiger partial charge is 0.316 e. The van der Waals surface area contributed by atoms with E-state index in [0.29, 0.717) is 6.61 Å². The zero-order valence-corrected chi connectivity index (χ0v) is 11.8. The van der Waals surface area contributed by atoms with Gasteiger partial charge in [0.1, 0.15) is 6.61 Å². The maximum Gasteiger partial charge on any atom is 0.316 e. The van der Waals surface area contributed by atoms with Gasteiger partial charge in [0, 0.05) is 18.6 Å². The lowest BCUT2D eigenvalue weighted by Gasteiger charge is -2.03. The first-order valence-electron chi connectivity index (χ1n) is 6.45. The fourth-order valence-electron chi connectivity index (χ4n) is 1.56. The van der Waals surface area contributed by atoms with Gasteiger partial charge in [-0.05, 0) is 43.5 Å². The van der Waals surface area contributed by atoms with Crippen LogP contribution in [0.2, 0.25) is 0 Å². The molecule has 0 spiro atoms. The normalized spacial score (nSPS) is 12.0. The summed E-state index contributed by atoms with van der Waals surface area (Å²) in [5.41, 5.74) is 2.58. The summed E-state index contributed by atoms with van der Waals surface area (Å²) in [6.07, 6.45) is 5.10. The topological polar surface area (TPSA) is 59.7 Å². The van der Waals surface area contributed by atoms with E-state index in [2.05, 4.69) is 26.7 Å². The third kappa shape index (κ3) is 4.65. The van der Waals surface area contributed by atoms with E-state index >= 15 is 0 Å². The first kappa shape index (κ1) is 14.6. The number of nitrogens with zero attached hydrogens (tertiary/aromatic N) is 4. The Morgan fingerprint density at radius 1 is 1.19 bits per heavy atom. The zero-order valence-electron chi connectivity index (χ0n) is 11.8. The van der Waals surface area contributed by atoms with Crippen LogP contribution in [0.1, 0.15) is 18.3 Å². The number of allylic oxidation sites excluding steroid dienone is 1. The van der Waals surface area contributed by atoms with Crippen molar-refractivity contribution in [3.8, 4) is 0 Å². The molecule has 0 aliphatic heterocycles. The first-order chi connectivity index (χ1) is 10.3. The Balaban J connectivity index is 2.02. The lowest BCUT2D eigenvalue weighted by atomic mass is 10.2. The van der Waals surface area contributed by atoms with Crippen LogP contribution in [0.3, 0.4) is 0 Å². The Kier molecular flexibility index (Phi) is 5.34. The highest BCUT2D eigenvalue weighted by Gasteiger charge is 1.99. The van der Waals surface area contributed by atoms with Crippen molar-refractivity contribution in [3.05, 3.63) is 66.4 Å². The van der Waals surface area contributed by atoms with Gasteiger partial charge < -0.3 is 4.74 Å². The highest BCUT2D eigenvalue weighted by molar-refractivity contribution is 5.79. The number of ether oxygens (including phenoxy) is 1. The molecule has 0 atom stereocenters. The molecule has 21 heavy (non-hydrogen) atoms. The van der Waals surface area contributed by atoms with Gasteiger partial charge in [0.25, 0.3) is 0 Å². The zero-order chi connectivity index (χ0) is 14.9. The molecule has 0 saturated heterocycles. The molecule has 2 aromatic heterocycles. The van der Waals surface area contributed by atoms with Gasteiger partial charge in [0.05, 0.1) is 11.4 Å². The number of hydrogen-bond donors (Lipinski definition) is 0. The van der Waals surface area contributed by atoms with Crippen LogP contribution in [0.15, 0.2) is 65.0 Å². The molecule has 0 bridgehead atoms. The SMILES string of the molecule is C=N/C(=N\C=C(/C)c1ccccn1)OCc1ccccn1. The van der Waals surface area contributed by atoms with Crippen molar-refractivity contribution >= 4 is 18.3 Å². The Hall–Kier alpha value is -2.82. The van der Waals surface area contributed by atoms with E-state index < -0.39 is 0 Å². The van der Waals surface area contributed by atoms with Crippen LogP contribution in [-0.4, -0.2) is 22.7 Å². The average molecular weight is 280 g/mol. The van der Waals surface area contributed by atoms with Crippen molar-refractivity contribution in [2.75, 3.05) is 0 Å². The summed E-state index contributed by atoms with van der Waals surface area (Å²) in [5.74, 6) is 0. The van der Waals surface area contributed by atoms with Crippen molar-refractivity contribution in [2.45, 2.75) is 13.5 Å². The van der Waals surface area contributed by atoms with Gasteiger partial charge in [-0.15, -0.1) is 0 Å². The Labute approximate surface area is 123 Å². The highest BCUT2D eigenvalue weighted by atomic mass is 16.5. The van der Waals surface area contributed by atoms with Gasteiger partial charge in [-0.1, -0.05) is 12.1 Å². The average Bonchev–Trinajstić information content (AvgIpc) is 2.56. The Morgan fingerprint density at radius 2 is 1.95 bits per heavy atom. The molecule has 5 nitrogen and oxygen atoms in total. The second-order valence-electron chi connectivity index (χ2n) is 4.21. The fourth-order valence-corrected chi connectivity index (χ4v) is 1.56. The highest BCUT2D eigenvalue weighted by Crippen LogP contribution is 2.09. The lowest BCUT2D eigenvalue weighted by Crippen LogP contribution is -2.02. The molecule has 0 unspecified atom stereocenters. The molecule has 0 N–H and O–H groups in total. The summed E-state index contributed by atoms with van der Waals surface area (Å²) in [5, 5.41) is 0. The lowest BCUT2D eigenvalue weighted by molar-refractivity contribution is 0.283. The molecule has 2 aromatic rings. The van der Waals surface area contributed by atoms with Crippen molar-refractivity contribution in [1.29, 1.82) is 0 Å². The summed E-state index contributed by atoms with van der Waals surface area (Å²) >= 11 is 0. The number of hydrogen-bond acceptors (Lipinski definition) is 4. The van der Waals surface area contributed by atoms with Crippen LogP contribution in [0.5, 0.6) is 0 Å². The molecular weight excluding hydrogens is 264 g/mol. The van der Waals surface area contributed by atoms with E-state index in [0.717, 1.165) is 17.0 Å². The molecule has 0 saturated carbocycles. The van der Waals surface area contributed by atoms with Gasteiger partial charge in [-0.3, -0.25) is 9.97 Å². The molecule has 0 amide bonds. The van der Waals surface area contributed by atoms with E-state index in [9.17, 15) is 0 Å². The van der Waals surface area contributed by atoms with E-state index in [1.807, 2.05) is 43.3 Å². The number of amidine groups is 1. The van der Waals surface area contributed by atoms with Gasteiger partial charge in [0.2, 0.25) is 0 Å². The van der Waals surface area contributed by atoms with E-state index in [1.165, 1.54) is 0 Å². The summed E-state index contributed by atoms with van der Waals surface area (Å²) in [7, 11) is 0. The molecule has 0 radical (unpaired) electrons. The van der Waals surface area contributed by atoms with Gasteiger partial charge in [-0.25, -0.2) is 9.98 Å². The number of pyridine rings is 2. The van der Waals surface area contributed by atoms with Crippen molar-refractivity contribution in [3.63, 3.8) is 0 Å². The molecule has 0 aliphatic carbocycles. The van der Waals surface area contributed by atoms with E-state index in [-0.39, 0.29) is 6.02 Å². The maximum absolute atomic E-state index is 5.46. The minimum absolute atomic E-state index is 0.205. The van der Waals surface area contributed by atoms with Crippen LogP contribution >= 0.6 is 0 Å². The predicted octanol–water partition coefficient (Wildman–Crippen LogP) is 3.11. The standard InChI is InChI=1S/C16H16N4O/c1-13(15-8-4-6-10-19-15)11-20-16(17-2)21-12-14-7-3-5-9-18-14/h3-11H,2,12H2,1H3/b13-11+,20-16+. The van der Waals surface area contributed by atoms with Crippen LogP contribution in [0.25, 0.3) is 5.57 Å². The van der Waals surface area contributed by atoms with Crippen LogP contribution in [0, 0.1) is 0 Å². The molecule has 106 valence electrons. The molecule has 0 aromatic carbocycles. The van der Waals surface area contributed by atoms with Crippen molar-refractivity contribution in [1.82, 2.24) is 9.97 Å². The van der Waals surface area contributed by atoms with Crippen LogP contribution < -0.4 is 0 Å². The van der Waals surface area contributed by atoms with E-state index in [1.54, 1.807) is 18.6 Å². The van der Waals surface area contributed by atoms with Gasteiger partial charge in [-0.2, -0.15) is 0 Å². The molecule has 0 fully saturated rings. The maximum atomic E-state index is 5.46. The summed E-state index contributed by atoms with van der Waals surface area (Å²) in [4.78, 5) is 16.3. The predicted molar refractivity (Wildman–Crippen MR) is 83.9 cm³/mol. The van der Waals surface area contributed by atoms with Crippen LogP contribution in [0.4, 0.5) is 0 Å². The molecule has 2 heterocycles. The molecule has 2 rings (SSSR count). The molecule has 5 heteroatoms. The molecule has 0 aliphatic rings. The number of rotatable bonds is 4. The number of aliphatic imine (C=N–C) groups is 2. The minimum atomic E-state index is 0.205. The third-order valence-corrected chi connectivity index (χ3v) is 2.65. The van der Waals surface area contributed by atoms with Crippen molar-refractivity contribution in [2.24, 2.45) is 9.98 Å². The third-order valence-electron chi connectivity index (χ3n) is 2.65. The number of aromatic nitrogens is 2. The van der Waals surface area contributed by atoms with Crippen molar-refractivity contribution < 1.29 is 4.74 Å². The second-order valence-corrected chi connectivity index (χ2v) is 4.21. The first-order valence-corrected chi connectivity index (χ1v) is 6.45. The van der Waals surface area contributed by atoms with Crippen LogP contribution in [-0.2, 0) is 11.3 Å². The summed E-state index contributed by atoms with van der Waals surface area (Å²) < 4.78 is 5.46. The Morgan fingerprint density at radius 3 is 2.57 bits per heavy atom. The largest absolute Gasteiger partial charge is 0.457 e. The second kappa shape index (κ2) is 7.69. The molecular formula is C16H16N4O. The van der Waals surface area contributed by atoms with E-state index in [4.69, 9.17) is 4.74 Å². The minimum Gasteiger partial charge on any atom is -0.457 e. The fraction of sp³-hybridized carbons (Fsp3) is 0.125. The summed E-state index contributed by atoms with van der Waals surface area (Å²) in [6.45, 7) is 5.68. The van der Waals surface area contributed by atoms with Gasteiger partial charge >= 0.3 is 6.02 Å². The monoisotopic (exact) mass is 280 g/mol. The van der Waals surface area contributed by atoms with Gasteiger partial charge in [0.15, 0.2) is 0 Å². The Bertz CT molecular complexity index is 636. The quantitative estimate of drug-likeness (QED) is 0.638.